The van der Waals surface area contributed by atoms with Gasteiger partial charge in [-0.15, -0.1) is 0 Å². The van der Waals surface area contributed by atoms with Gasteiger partial charge in [-0.25, -0.2) is 0 Å². The second-order valence-electron chi connectivity index (χ2n) is 8.55. The van der Waals surface area contributed by atoms with Gasteiger partial charge in [-0.05, 0) is 51.8 Å². The highest BCUT2D eigenvalue weighted by molar-refractivity contribution is 5.86. The van der Waals surface area contributed by atoms with E-state index in [-0.39, 0.29) is 17.7 Å². The Balaban J connectivity index is 1.91. The predicted octanol–water partition coefficient (Wildman–Crippen LogP) is 5.45. The lowest BCUT2D eigenvalue weighted by Crippen LogP contribution is -2.29. The normalized spacial score (nSPS) is 23.0. The molecule has 0 radical (unpaired) electrons. The van der Waals surface area contributed by atoms with Crippen LogP contribution in [0.1, 0.15) is 58.0 Å². The summed E-state index contributed by atoms with van der Waals surface area (Å²) in [5.41, 5.74) is 5.47. The van der Waals surface area contributed by atoms with Gasteiger partial charge in [-0.1, -0.05) is 30.3 Å². The quantitative estimate of drug-likeness (QED) is 0.796. The fourth-order valence-corrected chi connectivity index (χ4v) is 3.88. The van der Waals surface area contributed by atoms with Gasteiger partial charge in [0.15, 0.2) is 5.79 Å². The summed E-state index contributed by atoms with van der Waals surface area (Å²) >= 11 is 0. The molecule has 1 heterocycles. The first kappa shape index (κ1) is 17.4. The third kappa shape index (κ3) is 2.78. The van der Waals surface area contributed by atoms with Crippen LogP contribution in [0.4, 0.5) is 5.69 Å². The van der Waals surface area contributed by atoms with E-state index in [2.05, 4.69) is 56.4 Å². The van der Waals surface area contributed by atoms with Crippen molar-refractivity contribution in [2.24, 2.45) is 0 Å². The van der Waals surface area contributed by atoms with Crippen molar-refractivity contribution in [2.45, 2.75) is 58.2 Å². The number of hydrogen-bond acceptors (Lipinski definition) is 4. The third-order valence-electron chi connectivity index (χ3n) is 4.83. The first-order chi connectivity index (χ1) is 12.2. The summed E-state index contributed by atoms with van der Waals surface area (Å²) in [6, 6.07) is 12.6. The Kier molecular flexibility index (Phi) is 3.83. The number of fused-ring (bicyclic) bond motifs is 4. The highest BCUT2D eigenvalue weighted by Gasteiger charge is 2.53. The molecule has 0 unspecified atom stereocenters. The number of ether oxygens (including phenoxy) is 3. The van der Waals surface area contributed by atoms with Crippen LogP contribution in [0, 0.1) is 0 Å². The highest BCUT2D eigenvalue weighted by atomic mass is 16.8. The molecule has 0 bridgehead atoms. The molecular formula is C22H27NO3. The zero-order chi connectivity index (χ0) is 18.7. The Labute approximate surface area is 155 Å². The van der Waals surface area contributed by atoms with Crippen molar-refractivity contribution in [3.63, 3.8) is 0 Å². The molecule has 0 spiro atoms. The van der Waals surface area contributed by atoms with Crippen LogP contribution >= 0.6 is 0 Å². The Morgan fingerprint density at radius 1 is 1.04 bits per heavy atom. The van der Waals surface area contributed by atoms with Crippen LogP contribution in [-0.2, 0) is 9.47 Å². The summed E-state index contributed by atoms with van der Waals surface area (Å²) in [5.74, 6) is 0.281. The number of methoxy groups -OCH3 is 1. The second-order valence-corrected chi connectivity index (χ2v) is 8.55. The van der Waals surface area contributed by atoms with Gasteiger partial charge >= 0.3 is 0 Å². The van der Waals surface area contributed by atoms with Gasteiger partial charge in [0.1, 0.15) is 18.0 Å². The predicted molar refractivity (Wildman–Crippen MR) is 104 cm³/mol. The van der Waals surface area contributed by atoms with Crippen molar-refractivity contribution < 1.29 is 14.2 Å². The van der Waals surface area contributed by atoms with Crippen molar-refractivity contribution in [3.05, 3.63) is 47.5 Å². The van der Waals surface area contributed by atoms with Crippen molar-refractivity contribution >= 4 is 5.69 Å². The number of rotatable bonds is 3. The molecule has 1 aliphatic heterocycles. The Bertz CT molecular complexity index is 837. The molecule has 2 aromatic rings. The van der Waals surface area contributed by atoms with E-state index < -0.39 is 5.79 Å². The van der Waals surface area contributed by atoms with Gasteiger partial charge in [-0.2, -0.15) is 0 Å². The minimum absolute atomic E-state index is 0.0277. The lowest BCUT2D eigenvalue weighted by molar-refractivity contribution is -0.143. The Morgan fingerprint density at radius 3 is 2.31 bits per heavy atom. The van der Waals surface area contributed by atoms with E-state index in [0.717, 1.165) is 33.7 Å². The van der Waals surface area contributed by atoms with Crippen LogP contribution in [0.2, 0.25) is 0 Å². The number of anilines is 1. The minimum Gasteiger partial charge on any atom is -0.494 e. The van der Waals surface area contributed by atoms with Crippen LogP contribution < -0.4 is 10.1 Å². The summed E-state index contributed by atoms with van der Waals surface area (Å²) in [6.07, 6.45) is -0.0969. The molecule has 4 nitrogen and oxygen atoms in total. The molecule has 1 N–H and O–H groups in total. The fourth-order valence-electron chi connectivity index (χ4n) is 3.88. The first-order valence-electron chi connectivity index (χ1n) is 9.14. The average molecular weight is 353 g/mol. The van der Waals surface area contributed by atoms with E-state index >= 15 is 0 Å². The fraction of sp³-hybridized carbons (Fsp3) is 0.455. The maximum atomic E-state index is 6.12. The van der Waals surface area contributed by atoms with Crippen molar-refractivity contribution in [1.29, 1.82) is 0 Å². The topological polar surface area (TPSA) is 39.7 Å². The first-order valence-corrected chi connectivity index (χ1v) is 9.14. The summed E-state index contributed by atoms with van der Waals surface area (Å²) in [7, 11) is 1.73. The summed E-state index contributed by atoms with van der Waals surface area (Å²) in [5, 5.41) is 3.65. The van der Waals surface area contributed by atoms with E-state index in [1.54, 1.807) is 7.11 Å². The SMILES string of the molecule is COc1c(NC(C)(C)C)c(-c2ccccc2)cc2c1[C@@H]1OC(C)(C)O[C@H]21. The second kappa shape index (κ2) is 5.73. The lowest BCUT2D eigenvalue weighted by atomic mass is 9.78. The maximum absolute atomic E-state index is 6.12. The standard InChI is InChI=1S/C22H27NO3/c1-21(2,3)23-17-14(13-10-8-7-9-11-13)12-15-16(19(17)24-6)20-18(15)25-22(4,5)26-20/h7-12,18,20,23H,1-6H3/t18-,20+/m1/s1. The molecule has 138 valence electrons. The molecule has 1 saturated heterocycles. The molecule has 1 fully saturated rings. The van der Waals surface area contributed by atoms with Crippen LogP contribution in [0.15, 0.2) is 36.4 Å². The zero-order valence-corrected chi connectivity index (χ0v) is 16.3. The number of nitrogens with one attached hydrogen (secondary N) is 1. The van der Waals surface area contributed by atoms with E-state index in [1.807, 2.05) is 19.9 Å². The molecule has 1 aliphatic carbocycles. The average Bonchev–Trinajstić information content (AvgIpc) is 2.84. The van der Waals surface area contributed by atoms with Gasteiger partial charge in [0, 0.05) is 16.7 Å². The van der Waals surface area contributed by atoms with E-state index in [9.17, 15) is 0 Å². The Hall–Kier alpha value is -2.04. The van der Waals surface area contributed by atoms with Gasteiger partial charge in [0.2, 0.25) is 0 Å². The van der Waals surface area contributed by atoms with Crippen LogP contribution in [0.25, 0.3) is 11.1 Å². The minimum atomic E-state index is -0.579. The van der Waals surface area contributed by atoms with E-state index in [4.69, 9.17) is 14.2 Å². The van der Waals surface area contributed by atoms with Crippen molar-refractivity contribution in [3.8, 4) is 16.9 Å². The van der Waals surface area contributed by atoms with Gasteiger partial charge in [-0.3, -0.25) is 0 Å². The van der Waals surface area contributed by atoms with Gasteiger partial charge < -0.3 is 19.5 Å². The smallest absolute Gasteiger partial charge is 0.164 e. The highest BCUT2D eigenvalue weighted by Crippen LogP contribution is 2.62. The van der Waals surface area contributed by atoms with Gasteiger partial charge in [0.25, 0.3) is 0 Å². The molecule has 2 aromatic carbocycles. The molecule has 2 atom stereocenters. The summed E-state index contributed by atoms with van der Waals surface area (Å²) < 4.78 is 18.1. The monoisotopic (exact) mass is 353 g/mol. The molecule has 4 heteroatoms. The largest absolute Gasteiger partial charge is 0.494 e. The van der Waals surface area contributed by atoms with Crippen LogP contribution in [0.5, 0.6) is 5.75 Å². The molecular weight excluding hydrogens is 326 g/mol. The molecule has 2 aliphatic rings. The summed E-state index contributed by atoms with van der Waals surface area (Å²) in [6.45, 7) is 10.4. The maximum Gasteiger partial charge on any atom is 0.164 e. The van der Waals surface area contributed by atoms with Crippen LogP contribution in [-0.4, -0.2) is 18.4 Å². The molecule has 0 saturated carbocycles. The Morgan fingerprint density at radius 2 is 1.69 bits per heavy atom. The van der Waals surface area contributed by atoms with Gasteiger partial charge in [0.05, 0.1) is 12.8 Å². The van der Waals surface area contributed by atoms with E-state index in [1.165, 1.54) is 0 Å². The van der Waals surface area contributed by atoms with E-state index in [0.29, 0.717) is 0 Å². The van der Waals surface area contributed by atoms with Crippen molar-refractivity contribution in [2.75, 3.05) is 12.4 Å². The molecule has 26 heavy (non-hydrogen) atoms. The summed E-state index contributed by atoms with van der Waals surface area (Å²) in [4.78, 5) is 0. The zero-order valence-electron chi connectivity index (χ0n) is 16.3. The third-order valence-corrected chi connectivity index (χ3v) is 4.83. The number of hydrogen-bond donors (Lipinski definition) is 1. The lowest BCUT2D eigenvalue weighted by Gasteiger charge is -2.36. The molecule has 0 amide bonds. The number of benzene rings is 2. The molecule has 0 aromatic heterocycles. The van der Waals surface area contributed by atoms with Crippen molar-refractivity contribution in [1.82, 2.24) is 0 Å². The molecule has 4 rings (SSSR count). The van der Waals surface area contributed by atoms with Crippen LogP contribution in [0.3, 0.4) is 0 Å².